The molecule has 0 unspecified atom stereocenters. The van der Waals surface area contributed by atoms with E-state index >= 15 is 0 Å². The Bertz CT molecular complexity index is 876. The number of nitrogens with two attached hydrogens (primary N) is 1. The number of carbonyl (C=O) groups excluding carboxylic acids is 2. The maximum absolute atomic E-state index is 12.0. The maximum atomic E-state index is 12.0. The fourth-order valence-electron chi connectivity index (χ4n) is 2.95. The summed E-state index contributed by atoms with van der Waals surface area (Å²) in [7, 11) is 0. The van der Waals surface area contributed by atoms with Crippen molar-refractivity contribution in [2.75, 3.05) is 23.4 Å². The number of imidazole rings is 1. The highest BCUT2D eigenvalue weighted by Gasteiger charge is 2.34. The fraction of sp³-hybridized carbons (Fsp3) is 0.438. The first kappa shape index (κ1) is 16.7. The first-order chi connectivity index (χ1) is 12.4. The highest BCUT2D eigenvalue weighted by atomic mass is 32.1. The van der Waals surface area contributed by atoms with E-state index in [1.54, 1.807) is 11.8 Å². The summed E-state index contributed by atoms with van der Waals surface area (Å²) in [5, 5.41) is 3.84. The molecule has 0 radical (unpaired) electrons. The number of anilines is 2. The number of thiophene rings is 1. The van der Waals surface area contributed by atoms with Crippen molar-refractivity contribution in [1.82, 2.24) is 9.55 Å². The van der Waals surface area contributed by atoms with Crippen molar-refractivity contribution in [3.05, 3.63) is 12.3 Å². The van der Waals surface area contributed by atoms with Crippen LogP contribution in [0.25, 0.3) is 10.7 Å². The minimum Gasteiger partial charge on any atom is -0.490 e. The van der Waals surface area contributed by atoms with Crippen LogP contribution in [0.1, 0.15) is 13.8 Å². The number of primary amides is 1. The number of amides is 2. The SMILES string of the molecule is C[C@H](Nc1cc2c(s1)-c1nc(N3C(=O)OC[C@H]3C)cn1CCO2)C(N)=O. The van der Waals surface area contributed by atoms with Crippen LogP contribution in [-0.4, -0.2) is 46.8 Å². The summed E-state index contributed by atoms with van der Waals surface area (Å²) in [5.74, 6) is 1.56. The first-order valence-electron chi connectivity index (χ1n) is 8.30. The number of cyclic esters (lactones) is 1. The van der Waals surface area contributed by atoms with E-state index in [9.17, 15) is 9.59 Å². The van der Waals surface area contributed by atoms with Gasteiger partial charge in [0.15, 0.2) is 11.6 Å². The van der Waals surface area contributed by atoms with Gasteiger partial charge in [-0.25, -0.2) is 9.78 Å². The molecule has 3 N–H and O–H groups in total. The number of nitrogens with one attached hydrogen (secondary N) is 1. The molecular weight excluding hydrogens is 358 g/mol. The lowest BCUT2D eigenvalue weighted by Gasteiger charge is -2.14. The Hall–Kier alpha value is -2.75. The lowest BCUT2D eigenvalue weighted by atomic mass is 10.3. The van der Waals surface area contributed by atoms with Crippen molar-refractivity contribution in [2.24, 2.45) is 5.73 Å². The van der Waals surface area contributed by atoms with Gasteiger partial charge in [0.25, 0.3) is 0 Å². The quantitative estimate of drug-likeness (QED) is 0.838. The standard InChI is InChI=1S/C16H19N5O4S/c1-8-7-25-16(23)21(8)11-6-20-3-4-24-10-5-12(18-9(2)14(17)22)26-13(10)15(20)19-11/h5-6,8-9,18H,3-4,7H2,1-2H3,(H2,17,22)/t8-,9+/m1/s1. The molecule has 138 valence electrons. The van der Waals surface area contributed by atoms with Crippen molar-refractivity contribution >= 4 is 34.2 Å². The molecule has 2 atom stereocenters. The van der Waals surface area contributed by atoms with Crippen molar-refractivity contribution in [2.45, 2.75) is 32.5 Å². The van der Waals surface area contributed by atoms with Crippen LogP contribution >= 0.6 is 11.3 Å². The van der Waals surface area contributed by atoms with E-state index in [0.29, 0.717) is 31.3 Å². The number of hydrogen-bond acceptors (Lipinski definition) is 7. The second-order valence-electron chi connectivity index (χ2n) is 6.33. The van der Waals surface area contributed by atoms with Crippen molar-refractivity contribution in [1.29, 1.82) is 0 Å². The van der Waals surface area contributed by atoms with Gasteiger partial charge >= 0.3 is 6.09 Å². The lowest BCUT2D eigenvalue weighted by Crippen LogP contribution is -2.32. The molecule has 0 saturated carbocycles. The summed E-state index contributed by atoms with van der Waals surface area (Å²) in [4.78, 5) is 30.3. The second-order valence-corrected chi connectivity index (χ2v) is 7.39. The average Bonchev–Trinajstić information content (AvgIpc) is 3.23. The van der Waals surface area contributed by atoms with Gasteiger partial charge in [-0.05, 0) is 13.8 Å². The number of rotatable bonds is 4. The first-order valence-corrected chi connectivity index (χ1v) is 9.11. The molecule has 2 aliphatic rings. The summed E-state index contributed by atoms with van der Waals surface area (Å²) in [6, 6.07) is 1.29. The molecule has 26 heavy (non-hydrogen) atoms. The van der Waals surface area contributed by atoms with Gasteiger partial charge in [-0.1, -0.05) is 0 Å². The molecule has 2 aromatic heterocycles. The largest absolute Gasteiger partial charge is 0.490 e. The van der Waals surface area contributed by atoms with Gasteiger partial charge in [-0.15, -0.1) is 11.3 Å². The van der Waals surface area contributed by atoms with Crippen molar-refractivity contribution < 1.29 is 19.1 Å². The minimum absolute atomic E-state index is 0.0608. The van der Waals surface area contributed by atoms with E-state index in [2.05, 4.69) is 10.3 Å². The highest BCUT2D eigenvalue weighted by Crippen LogP contribution is 2.43. The Kier molecular flexibility index (Phi) is 3.98. The van der Waals surface area contributed by atoms with Gasteiger partial charge in [0.2, 0.25) is 5.91 Å². The van der Waals surface area contributed by atoms with E-state index in [4.69, 9.17) is 15.2 Å². The molecular formula is C16H19N5O4S. The van der Waals surface area contributed by atoms with E-state index in [1.807, 2.05) is 23.8 Å². The number of nitrogens with zero attached hydrogens (tertiary/aromatic N) is 3. The summed E-state index contributed by atoms with van der Waals surface area (Å²) < 4.78 is 12.9. The summed E-state index contributed by atoms with van der Waals surface area (Å²) in [6.45, 7) is 5.09. The van der Waals surface area contributed by atoms with Crippen LogP contribution in [0.5, 0.6) is 5.75 Å². The molecule has 0 aromatic carbocycles. The summed E-state index contributed by atoms with van der Waals surface area (Å²) in [5.41, 5.74) is 5.31. The molecule has 10 heteroatoms. The Morgan fingerprint density at radius 2 is 2.31 bits per heavy atom. The maximum Gasteiger partial charge on any atom is 0.415 e. The monoisotopic (exact) mass is 377 g/mol. The number of aromatic nitrogens is 2. The van der Waals surface area contributed by atoms with Crippen LogP contribution in [0.15, 0.2) is 12.3 Å². The van der Waals surface area contributed by atoms with E-state index < -0.39 is 11.9 Å². The molecule has 9 nitrogen and oxygen atoms in total. The van der Waals surface area contributed by atoms with Gasteiger partial charge in [-0.2, -0.15) is 0 Å². The van der Waals surface area contributed by atoms with Gasteiger partial charge < -0.3 is 25.1 Å². The van der Waals surface area contributed by atoms with Gasteiger partial charge in [0, 0.05) is 12.3 Å². The van der Waals surface area contributed by atoms with Crippen molar-refractivity contribution in [3.63, 3.8) is 0 Å². The summed E-state index contributed by atoms with van der Waals surface area (Å²) >= 11 is 1.43. The molecule has 1 fully saturated rings. The number of fused-ring (bicyclic) bond motifs is 3. The zero-order chi connectivity index (χ0) is 18.4. The van der Waals surface area contributed by atoms with Gasteiger partial charge in [0.05, 0.1) is 17.6 Å². The Labute approximate surface area is 153 Å². The third-order valence-electron chi connectivity index (χ3n) is 4.37. The Morgan fingerprint density at radius 3 is 3.00 bits per heavy atom. The van der Waals surface area contributed by atoms with Crippen LogP contribution in [-0.2, 0) is 16.1 Å². The van der Waals surface area contributed by atoms with E-state index in [1.165, 1.54) is 11.3 Å². The number of hydrogen-bond donors (Lipinski definition) is 2. The predicted molar refractivity (Wildman–Crippen MR) is 96.6 cm³/mol. The molecule has 4 rings (SSSR count). The predicted octanol–water partition coefficient (Wildman–Crippen LogP) is 1.63. The van der Waals surface area contributed by atoms with Crippen LogP contribution in [0.3, 0.4) is 0 Å². The van der Waals surface area contributed by atoms with Crippen LogP contribution in [0.4, 0.5) is 15.6 Å². The van der Waals surface area contributed by atoms with Gasteiger partial charge in [-0.3, -0.25) is 9.69 Å². The fourth-order valence-corrected chi connectivity index (χ4v) is 4.05. The zero-order valence-electron chi connectivity index (χ0n) is 14.4. The summed E-state index contributed by atoms with van der Waals surface area (Å²) in [6.07, 6.45) is 1.46. The number of ether oxygens (including phenoxy) is 2. The molecule has 2 aromatic rings. The molecule has 2 amide bonds. The van der Waals surface area contributed by atoms with E-state index in [0.717, 1.165) is 15.7 Å². The minimum atomic E-state index is -0.493. The molecule has 2 aliphatic heterocycles. The molecule has 0 bridgehead atoms. The van der Waals surface area contributed by atoms with Gasteiger partial charge in [0.1, 0.15) is 29.9 Å². The second kappa shape index (κ2) is 6.20. The van der Waals surface area contributed by atoms with Crippen LogP contribution in [0, 0.1) is 0 Å². The Balaban J connectivity index is 1.69. The third-order valence-corrected chi connectivity index (χ3v) is 5.42. The van der Waals surface area contributed by atoms with Crippen molar-refractivity contribution in [3.8, 4) is 16.5 Å². The van der Waals surface area contributed by atoms with Crippen LogP contribution < -0.4 is 20.7 Å². The molecule has 1 saturated heterocycles. The molecule has 0 spiro atoms. The molecule has 0 aliphatic carbocycles. The van der Waals surface area contributed by atoms with E-state index in [-0.39, 0.29) is 12.1 Å². The lowest BCUT2D eigenvalue weighted by molar-refractivity contribution is -0.118. The average molecular weight is 377 g/mol. The number of carbonyl (C=O) groups is 2. The Morgan fingerprint density at radius 1 is 1.50 bits per heavy atom. The molecule has 4 heterocycles. The zero-order valence-corrected chi connectivity index (χ0v) is 15.2. The third kappa shape index (κ3) is 2.75. The topological polar surface area (TPSA) is 112 Å². The normalized spacial score (nSPS) is 19.8. The smallest absolute Gasteiger partial charge is 0.415 e. The van der Waals surface area contributed by atoms with Crippen LogP contribution in [0.2, 0.25) is 0 Å². The highest BCUT2D eigenvalue weighted by molar-refractivity contribution is 7.19.